The molecule has 0 saturated heterocycles. The first-order chi connectivity index (χ1) is 64.4. The van der Waals surface area contributed by atoms with Crippen LogP contribution in [0.2, 0.25) is 0 Å². The summed E-state index contributed by atoms with van der Waals surface area (Å²) in [5.41, 5.74) is 40.8. The van der Waals surface area contributed by atoms with Gasteiger partial charge in [0.15, 0.2) is 0 Å². The van der Waals surface area contributed by atoms with Crippen LogP contribution in [0.5, 0.6) is 0 Å². The van der Waals surface area contributed by atoms with E-state index >= 15 is 0 Å². The Morgan fingerprint density at radius 2 is 0.450 bits per heavy atom. The van der Waals surface area contributed by atoms with Crippen molar-refractivity contribution in [2.24, 2.45) is 0 Å². The fraction of sp³-hybridized carbons (Fsp3) is 0.0400. The molecule has 3 aliphatic rings. The lowest BCUT2D eigenvalue weighted by Gasteiger charge is -2.34. The van der Waals surface area contributed by atoms with Gasteiger partial charge in [0, 0.05) is 68.2 Å². The van der Waals surface area contributed by atoms with Crippen LogP contribution in [0.4, 0.5) is 0 Å². The van der Waals surface area contributed by atoms with Gasteiger partial charge >= 0.3 is 0 Å². The Balaban J connectivity index is 0.000000109. The molecule has 0 amide bonds. The number of nitrogens with zero attached hydrogens (tertiary/aromatic N) is 3. The molecule has 26 rings (SSSR count). The van der Waals surface area contributed by atoms with E-state index < -0.39 is 10.8 Å². The quantitative estimate of drug-likeness (QED) is 0.123. The Morgan fingerprint density at radius 3 is 0.893 bits per heavy atom. The molecule has 20 aromatic carbocycles. The molecule has 23 aromatic rings. The van der Waals surface area contributed by atoms with Crippen LogP contribution in [0.25, 0.3) is 160 Å². The van der Waals surface area contributed by atoms with Crippen molar-refractivity contribution in [3.8, 4) is 95.0 Å². The lowest BCUT2D eigenvalue weighted by molar-refractivity contribution is 0.660. The molecule has 0 saturated carbocycles. The van der Waals surface area contributed by atoms with Gasteiger partial charge in [0.2, 0.25) is 0 Å². The number of hydrogen-bond acceptors (Lipinski definition) is 0. The topological polar surface area (TPSA) is 14.8 Å². The van der Waals surface area contributed by atoms with Crippen LogP contribution >= 0.6 is 47.8 Å². The molecular formula is C125H84Br3N3. The van der Waals surface area contributed by atoms with E-state index in [2.05, 4.69) is 549 Å². The van der Waals surface area contributed by atoms with Crippen molar-refractivity contribution in [2.75, 3.05) is 0 Å². The molecule has 131 heavy (non-hydrogen) atoms. The summed E-state index contributed by atoms with van der Waals surface area (Å²) < 4.78 is 10.5. The molecule has 0 atom stereocenters. The SMILES string of the molecule is Brc1cccc(-c2ccc3c(c2)c2ccccc2n3-c2ccc3c(c2)-c2ccccc2C3(c2ccccc2)c2ccccc2)c1.Brc1cccc(-c2ccc3c(c2)c2ccccc2n3-c2ccc3c(c2)C(c2ccccc2)(c2ccccc2)c2ccccc2-3)c1.CC1(C)c2ccccc2-c2cc(-c3ccc(-n4c5ccccc5c5cc(-c6cccc(Br)c6)ccc54)cc3)ccc21. The average molecular weight is 1870 g/mol. The monoisotopic (exact) mass is 1860 g/mol. The molecule has 0 aliphatic heterocycles. The minimum absolute atomic E-state index is 0.0295. The maximum Gasteiger partial charge on any atom is 0.0714 e. The van der Waals surface area contributed by atoms with Crippen LogP contribution in [0, 0.1) is 0 Å². The molecule has 3 aromatic heterocycles. The van der Waals surface area contributed by atoms with Crippen molar-refractivity contribution >= 4 is 113 Å². The second-order valence-corrected chi connectivity index (χ2v) is 38.0. The van der Waals surface area contributed by atoms with Crippen molar-refractivity contribution in [1.29, 1.82) is 0 Å². The number of aromatic nitrogens is 3. The van der Waals surface area contributed by atoms with Gasteiger partial charge in [0.05, 0.1) is 43.9 Å². The van der Waals surface area contributed by atoms with Crippen LogP contribution in [-0.2, 0) is 16.2 Å². The van der Waals surface area contributed by atoms with Gasteiger partial charge in [0.25, 0.3) is 0 Å². The van der Waals surface area contributed by atoms with Gasteiger partial charge in [-0.2, -0.15) is 0 Å². The molecule has 620 valence electrons. The molecule has 0 N–H and O–H groups in total. The summed E-state index contributed by atoms with van der Waals surface area (Å²) in [5.74, 6) is 0. The van der Waals surface area contributed by atoms with Gasteiger partial charge in [-0.25, -0.2) is 0 Å². The highest BCUT2D eigenvalue weighted by Crippen LogP contribution is 2.60. The number of para-hydroxylation sites is 3. The molecule has 3 aliphatic carbocycles. The van der Waals surface area contributed by atoms with Crippen molar-refractivity contribution in [3.05, 3.63) is 542 Å². The Hall–Kier alpha value is -14.8. The van der Waals surface area contributed by atoms with Gasteiger partial charge in [-0.3, -0.25) is 0 Å². The number of rotatable bonds is 11. The maximum absolute atomic E-state index is 3.66. The molecule has 3 heterocycles. The van der Waals surface area contributed by atoms with E-state index in [4.69, 9.17) is 0 Å². The van der Waals surface area contributed by atoms with Crippen molar-refractivity contribution in [2.45, 2.75) is 30.1 Å². The first-order valence-electron chi connectivity index (χ1n) is 44.9. The Kier molecular flexibility index (Phi) is 19.5. The lowest BCUT2D eigenvalue weighted by atomic mass is 9.67. The fourth-order valence-corrected chi connectivity index (χ4v) is 23.3. The minimum Gasteiger partial charge on any atom is -0.309 e. The smallest absolute Gasteiger partial charge is 0.0714 e. The molecule has 0 radical (unpaired) electrons. The van der Waals surface area contributed by atoms with E-state index in [1.807, 2.05) is 0 Å². The predicted molar refractivity (Wildman–Crippen MR) is 559 cm³/mol. The first kappa shape index (κ1) is 79.6. The Labute approximate surface area is 787 Å². The number of halogens is 3. The molecule has 0 fully saturated rings. The van der Waals surface area contributed by atoms with E-state index in [9.17, 15) is 0 Å². The standard InChI is InChI=1S/2C43H28BrN.C39H28BrN/c44-33-17-11-12-29(26-33)30-22-25-42-38(27-30)37-19-8-10-21-41(37)45(42)34-23-24-36-35-18-7-9-20-39(35)43(40(36)28-34,31-13-3-1-4-14-31)32-15-5-2-6-16-32;44-33-17-11-12-29(26-33)30-22-25-42-38(27-30)36-19-8-10-21-41(36)45(42)34-23-24-40-37(28-34)35-18-7-9-20-39(35)43(40,31-13-3-1-4-14-31)32-15-5-2-6-16-32;1-39(2)35-12-5-3-10-31(35)33-23-27(16-20-36(33)39)25-14-18-30(19-15-25)41-37-13-6-4-11-32(37)34-24-28(17-21-38(34)41)26-8-7-9-29(40)22-26/h2*1-28H;3-24H,1-2H3. The third kappa shape index (κ3) is 13.0. The second-order valence-electron chi connectivity index (χ2n) is 35.3. The van der Waals surface area contributed by atoms with Gasteiger partial charge < -0.3 is 13.7 Å². The van der Waals surface area contributed by atoms with Gasteiger partial charge in [-0.15, -0.1) is 0 Å². The van der Waals surface area contributed by atoms with Crippen LogP contribution in [0.15, 0.2) is 487 Å². The van der Waals surface area contributed by atoms with Crippen LogP contribution in [0.3, 0.4) is 0 Å². The maximum atomic E-state index is 3.66. The second kappa shape index (κ2) is 32.2. The Bertz CT molecular complexity index is 8390. The third-order valence-electron chi connectivity index (χ3n) is 27.9. The summed E-state index contributed by atoms with van der Waals surface area (Å²) in [6.45, 7) is 4.67. The highest BCUT2D eigenvalue weighted by atomic mass is 79.9. The molecule has 0 bridgehead atoms. The summed E-state index contributed by atoms with van der Waals surface area (Å²) in [5, 5.41) is 7.56. The zero-order chi connectivity index (χ0) is 87.6. The molecule has 3 nitrogen and oxygen atoms in total. The van der Waals surface area contributed by atoms with Crippen molar-refractivity contribution in [1.82, 2.24) is 13.7 Å². The fourth-order valence-electron chi connectivity index (χ4n) is 22.1. The summed E-state index contributed by atoms with van der Waals surface area (Å²) >= 11 is 10.9. The zero-order valence-corrected chi connectivity index (χ0v) is 76.8. The van der Waals surface area contributed by atoms with Crippen molar-refractivity contribution in [3.63, 3.8) is 0 Å². The minimum atomic E-state index is -0.433. The summed E-state index contributed by atoms with van der Waals surface area (Å²) in [4.78, 5) is 0. The van der Waals surface area contributed by atoms with Crippen molar-refractivity contribution < 1.29 is 0 Å². The average Bonchev–Trinajstić information content (AvgIpc) is 1.54. The number of fused-ring (bicyclic) bond motifs is 18. The Morgan fingerprint density at radius 1 is 0.168 bits per heavy atom. The largest absolute Gasteiger partial charge is 0.309 e. The van der Waals surface area contributed by atoms with E-state index in [1.165, 1.54) is 216 Å². The summed E-state index contributed by atoms with van der Waals surface area (Å²) in [7, 11) is 0. The lowest BCUT2D eigenvalue weighted by Crippen LogP contribution is -2.28. The van der Waals surface area contributed by atoms with Crippen LogP contribution in [-0.4, -0.2) is 13.7 Å². The normalized spacial score (nSPS) is 13.3. The van der Waals surface area contributed by atoms with E-state index in [0.29, 0.717) is 0 Å². The highest BCUT2D eigenvalue weighted by molar-refractivity contribution is 9.11. The summed E-state index contributed by atoms with van der Waals surface area (Å²) in [6, 6.07) is 173. The van der Waals surface area contributed by atoms with Crippen LogP contribution in [0.1, 0.15) is 69.5 Å². The first-order valence-corrected chi connectivity index (χ1v) is 47.3. The highest BCUT2D eigenvalue weighted by Gasteiger charge is 2.48. The van der Waals surface area contributed by atoms with E-state index in [1.54, 1.807) is 0 Å². The molecular weight excluding hydrogens is 1780 g/mol. The van der Waals surface area contributed by atoms with Gasteiger partial charge in [-0.1, -0.05) is 401 Å². The molecule has 0 unspecified atom stereocenters. The van der Waals surface area contributed by atoms with Crippen LogP contribution < -0.4 is 0 Å². The van der Waals surface area contributed by atoms with Gasteiger partial charge in [-0.05, 0) is 267 Å². The zero-order valence-electron chi connectivity index (χ0n) is 72.0. The number of benzene rings is 20. The summed E-state index contributed by atoms with van der Waals surface area (Å²) in [6.07, 6.45) is 0. The van der Waals surface area contributed by atoms with E-state index in [0.717, 1.165) is 13.4 Å². The molecule has 0 spiro atoms. The van der Waals surface area contributed by atoms with Gasteiger partial charge in [0.1, 0.15) is 0 Å². The third-order valence-corrected chi connectivity index (χ3v) is 29.4. The molecule has 6 heteroatoms. The predicted octanol–water partition coefficient (Wildman–Crippen LogP) is 34.3. The number of hydrogen-bond donors (Lipinski definition) is 0. The van der Waals surface area contributed by atoms with E-state index in [-0.39, 0.29) is 5.41 Å².